The molecule has 3 aromatic rings. The van der Waals surface area contributed by atoms with Crippen LogP contribution in [0.2, 0.25) is 0 Å². The number of aromatic nitrogens is 3. The van der Waals surface area contributed by atoms with Gasteiger partial charge in [0.05, 0.1) is 10.4 Å². The summed E-state index contributed by atoms with van der Waals surface area (Å²) in [5.74, 6) is 5.79. The Hall–Kier alpha value is -2.30. The summed E-state index contributed by atoms with van der Waals surface area (Å²) in [6, 6.07) is 8.02. The highest BCUT2D eigenvalue weighted by Gasteiger charge is 2.16. The molecule has 10 heteroatoms. The van der Waals surface area contributed by atoms with Gasteiger partial charge in [0.25, 0.3) is 10.0 Å². The Morgan fingerprint density at radius 2 is 2.05 bits per heavy atom. The minimum Gasteiger partial charge on any atom is -0.308 e. The number of nitrogens with one attached hydrogen (secondary N) is 2. The van der Waals surface area contributed by atoms with E-state index in [1.807, 2.05) is 0 Å². The van der Waals surface area contributed by atoms with Gasteiger partial charge in [0, 0.05) is 5.39 Å². The van der Waals surface area contributed by atoms with Crippen LogP contribution in [0.15, 0.2) is 40.7 Å². The highest BCUT2D eigenvalue weighted by atomic mass is 32.2. The SMILES string of the molecule is NNc1ccc2cc(S(=O)(=O)Nc3nncs3)ccc2n1. The molecule has 0 saturated heterocycles. The van der Waals surface area contributed by atoms with Gasteiger partial charge in [-0.15, -0.1) is 10.2 Å². The average Bonchev–Trinajstić information content (AvgIpc) is 2.98. The second-order valence-electron chi connectivity index (χ2n) is 4.04. The van der Waals surface area contributed by atoms with Gasteiger partial charge in [-0.25, -0.2) is 19.2 Å². The van der Waals surface area contributed by atoms with Crippen molar-refractivity contribution in [2.24, 2.45) is 5.84 Å². The van der Waals surface area contributed by atoms with Gasteiger partial charge in [-0.1, -0.05) is 11.3 Å². The number of nitrogens with zero attached hydrogens (tertiary/aromatic N) is 3. The van der Waals surface area contributed by atoms with Crippen LogP contribution in [0.1, 0.15) is 0 Å². The Labute approximate surface area is 124 Å². The van der Waals surface area contributed by atoms with Gasteiger partial charge in [-0.2, -0.15) is 0 Å². The fourth-order valence-corrected chi connectivity index (χ4v) is 3.47. The van der Waals surface area contributed by atoms with Crippen LogP contribution in [-0.4, -0.2) is 23.6 Å². The van der Waals surface area contributed by atoms with Crippen molar-refractivity contribution >= 4 is 43.2 Å². The number of pyridine rings is 1. The monoisotopic (exact) mass is 322 g/mol. The van der Waals surface area contributed by atoms with E-state index in [9.17, 15) is 8.42 Å². The molecule has 2 heterocycles. The van der Waals surface area contributed by atoms with Crippen molar-refractivity contribution in [2.75, 3.05) is 10.1 Å². The van der Waals surface area contributed by atoms with E-state index in [4.69, 9.17) is 5.84 Å². The van der Waals surface area contributed by atoms with Crippen molar-refractivity contribution in [1.29, 1.82) is 0 Å². The molecule has 108 valence electrons. The number of rotatable bonds is 4. The number of sulfonamides is 1. The maximum Gasteiger partial charge on any atom is 0.263 e. The predicted octanol–water partition coefficient (Wildman–Crippen LogP) is 1.17. The van der Waals surface area contributed by atoms with E-state index in [0.29, 0.717) is 16.7 Å². The lowest BCUT2D eigenvalue weighted by atomic mass is 10.2. The minimum atomic E-state index is -3.70. The summed E-state index contributed by atoms with van der Waals surface area (Å²) in [6.45, 7) is 0. The van der Waals surface area contributed by atoms with Crippen molar-refractivity contribution in [2.45, 2.75) is 4.90 Å². The molecular formula is C11H10N6O2S2. The lowest BCUT2D eigenvalue weighted by Gasteiger charge is -2.06. The van der Waals surface area contributed by atoms with Crippen LogP contribution in [0.4, 0.5) is 10.9 Å². The van der Waals surface area contributed by atoms with Gasteiger partial charge in [0.15, 0.2) is 0 Å². The van der Waals surface area contributed by atoms with E-state index in [0.717, 1.165) is 11.3 Å². The highest BCUT2D eigenvalue weighted by molar-refractivity contribution is 7.93. The fraction of sp³-hybridized carbons (Fsp3) is 0. The number of fused-ring (bicyclic) bond motifs is 1. The number of nitrogen functional groups attached to an aromatic ring is 1. The summed E-state index contributed by atoms with van der Waals surface area (Å²) in [7, 11) is -3.70. The molecule has 0 bridgehead atoms. The zero-order valence-corrected chi connectivity index (χ0v) is 12.1. The average molecular weight is 322 g/mol. The van der Waals surface area contributed by atoms with Gasteiger partial charge in [-0.05, 0) is 30.3 Å². The molecule has 0 aliphatic rings. The zero-order chi connectivity index (χ0) is 14.9. The summed E-state index contributed by atoms with van der Waals surface area (Å²) in [5.41, 5.74) is 4.53. The van der Waals surface area contributed by atoms with E-state index in [-0.39, 0.29) is 10.0 Å². The van der Waals surface area contributed by atoms with E-state index in [2.05, 4.69) is 25.3 Å². The number of benzene rings is 1. The zero-order valence-electron chi connectivity index (χ0n) is 10.5. The Bertz CT molecular complexity index is 879. The molecule has 1 aromatic carbocycles. The molecule has 21 heavy (non-hydrogen) atoms. The molecule has 0 fully saturated rings. The largest absolute Gasteiger partial charge is 0.308 e. The minimum absolute atomic E-state index is 0.125. The van der Waals surface area contributed by atoms with Crippen molar-refractivity contribution in [3.63, 3.8) is 0 Å². The van der Waals surface area contributed by atoms with E-state index < -0.39 is 10.0 Å². The second kappa shape index (κ2) is 5.24. The number of anilines is 2. The predicted molar refractivity (Wildman–Crippen MR) is 80.3 cm³/mol. The molecule has 4 N–H and O–H groups in total. The van der Waals surface area contributed by atoms with E-state index in [1.54, 1.807) is 18.2 Å². The van der Waals surface area contributed by atoms with Crippen molar-refractivity contribution in [3.8, 4) is 0 Å². The van der Waals surface area contributed by atoms with Gasteiger partial charge in [0.2, 0.25) is 5.13 Å². The molecule has 0 unspecified atom stereocenters. The molecule has 3 rings (SSSR count). The van der Waals surface area contributed by atoms with Crippen LogP contribution in [0.25, 0.3) is 10.9 Å². The standard InChI is InChI=1S/C11H10N6O2S2/c12-15-10-4-1-7-5-8(2-3-9(7)14-10)21(18,19)17-11-16-13-6-20-11/h1-6H,12H2,(H,14,15)(H,16,17). The third-order valence-electron chi connectivity index (χ3n) is 2.70. The molecule has 2 aromatic heterocycles. The normalized spacial score (nSPS) is 11.5. The lowest BCUT2D eigenvalue weighted by Crippen LogP contribution is -2.13. The van der Waals surface area contributed by atoms with Crippen molar-refractivity contribution in [1.82, 2.24) is 15.2 Å². The summed E-state index contributed by atoms with van der Waals surface area (Å²) in [4.78, 5) is 4.35. The maximum atomic E-state index is 12.2. The summed E-state index contributed by atoms with van der Waals surface area (Å²) in [5, 5.41) is 8.14. The van der Waals surface area contributed by atoms with E-state index >= 15 is 0 Å². The summed E-state index contributed by atoms with van der Waals surface area (Å²) < 4.78 is 26.8. The molecule has 0 aliphatic heterocycles. The molecule has 0 spiro atoms. The van der Waals surface area contributed by atoms with E-state index in [1.165, 1.54) is 17.6 Å². The first kappa shape index (κ1) is 13.7. The van der Waals surface area contributed by atoms with Crippen molar-refractivity contribution in [3.05, 3.63) is 35.8 Å². The van der Waals surface area contributed by atoms with Gasteiger partial charge >= 0.3 is 0 Å². The van der Waals surface area contributed by atoms with Crippen LogP contribution >= 0.6 is 11.3 Å². The number of hydrogen-bond acceptors (Lipinski definition) is 8. The Balaban J connectivity index is 2.00. The van der Waals surface area contributed by atoms with Gasteiger partial charge in [-0.3, -0.25) is 4.72 Å². The quantitative estimate of drug-likeness (QED) is 0.486. The van der Waals surface area contributed by atoms with Crippen LogP contribution in [-0.2, 0) is 10.0 Å². The smallest absolute Gasteiger partial charge is 0.263 e. The molecule has 0 saturated carbocycles. The van der Waals surface area contributed by atoms with Crippen LogP contribution in [0.3, 0.4) is 0 Å². The van der Waals surface area contributed by atoms with Gasteiger partial charge in [0.1, 0.15) is 11.3 Å². The third kappa shape index (κ3) is 2.77. The third-order valence-corrected chi connectivity index (χ3v) is 4.77. The van der Waals surface area contributed by atoms with Crippen LogP contribution < -0.4 is 16.0 Å². The number of hydrogen-bond donors (Lipinski definition) is 3. The lowest BCUT2D eigenvalue weighted by molar-refractivity contribution is 0.601. The Kier molecular flexibility index (Phi) is 3.41. The molecule has 0 atom stereocenters. The first-order valence-corrected chi connectivity index (χ1v) is 8.11. The second-order valence-corrected chi connectivity index (χ2v) is 6.56. The van der Waals surface area contributed by atoms with Crippen LogP contribution in [0, 0.1) is 0 Å². The highest BCUT2D eigenvalue weighted by Crippen LogP contribution is 2.22. The number of nitrogens with two attached hydrogens (primary N) is 1. The summed E-state index contributed by atoms with van der Waals surface area (Å²) >= 11 is 1.11. The Morgan fingerprint density at radius 3 is 2.76 bits per heavy atom. The van der Waals surface area contributed by atoms with Gasteiger partial charge < -0.3 is 5.43 Å². The molecule has 8 nitrogen and oxygen atoms in total. The molecule has 0 radical (unpaired) electrons. The summed E-state index contributed by atoms with van der Waals surface area (Å²) in [6.07, 6.45) is 0. The topological polar surface area (TPSA) is 123 Å². The Morgan fingerprint density at radius 1 is 1.19 bits per heavy atom. The fourth-order valence-electron chi connectivity index (χ4n) is 1.74. The molecule has 0 aliphatic carbocycles. The first-order chi connectivity index (χ1) is 10.1. The van der Waals surface area contributed by atoms with Crippen LogP contribution in [0.5, 0.6) is 0 Å². The maximum absolute atomic E-state index is 12.2. The molecule has 0 amide bonds. The molecular weight excluding hydrogens is 312 g/mol. The first-order valence-electron chi connectivity index (χ1n) is 5.75. The van der Waals surface area contributed by atoms with Crippen molar-refractivity contribution < 1.29 is 8.42 Å². The number of hydrazine groups is 1.